The number of rotatable bonds is 10. The van der Waals surface area contributed by atoms with Gasteiger partial charge in [-0.2, -0.15) is 5.10 Å². The van der Waals surface area contributed by atoms with E-state index in [1.165, 1.54) is 11.3 Å². The summed E-state index contributed by atoms with van der Waals surface area (Å²) in [5, 5.41) is 18.3. The third-order valence-corrected chi connectivity index (χ3v) is 5.38. The van der Waals surface area contributed by atoms with Gasteiger partial charge in [-0.3, -0.25) is 9.58 Å². The second-order valence-electron chi connectivity index (χ2n) is 7.59. The van der Waals surface area contributed by atoms with Gasteiger partial charge < -0.3 is 19.9 Å². The number of hydrogen-bond acceptors (Lipinski definition) is 6. The minimum atomic E-state index is -0.504. The van der Waals surface area contributed by atoms with E-state index in [1.807, 2.05) is 22.9 Å². The molecule has 1 saturated heterocycles. The van der Waals surface area contributed by atoms with Crippen LogP contribution in [0.4, 0.5) is 0 Å². The number of ether oxygens (including phenoxy) is 2. The van der Waals surface area contributed by atoms with Crippen LogP contribution in [0.5, 0.6) is 5.75 Å². The van der Waals surface area contributed by atoms with Crippen molar-refractivity contribution in [1.29, 1.82) is 0 Å². The summed E-state index contributed by atoms with van der Waals surface area (Å²) in [6.45, 7) is 12.9. The van der Waals surface area contributed by atoms with Gasteiger partial charge in [-0.15, -0.1) is 0 Å². The molecule has 29 heavy (non-hydrogen) atoms. The molecule has 0 aliphatic carbocycles. The van der Waals surface area contributed by atoms with Crippen LogP contribution in [-0.4, -0.2) is 65.3 Å². The van der Waals surface area contributed by atoms with Crippen LogP contribution in [-0.2, 0) is 24.4 Å². The molecule has 1 unspecified atom stereocenters. The maximum absolute atomic E-state index is 10.2. The van der Waals surface area contributed by atoms with Gasteiger partial charge in [0.25, 0.3) is 0 Å². The minimum Gasteiger partial charge on any atom is -0.491 e. The summed E-state index contributed by atoms with van der Waals surface area (Å²) in [6.07, 6.45) is -0.504. The molecule has 1 atom stereocenters. The first-order valence-electron chi connectivity index (χ1n) is 10.5. The van der Waals surface area contributed by atoms with Gasteiger partial charge in [0.1, 0.15) is 18.5 Å². The lowest BCUT2D eigenvalue weighted by Gasteiger charge is -2.28. The molecule has 0 radical (unpaired) electrons. The van der Waals surface area contributed by atoms with E-state index in [-0.39, 0.29) is 0 Å². The van der Waals surface area contributed by atoms with Gasteiger partial charge in [-0.1, -0.05) is 12.1 Å². The van der Waals surface area contributed by atoms with Gasteiger partial charge in [0.2, 0.25) is 0 Å². The van der Waals surface area contributed by atoms with Crippen molar-refractivity contribution in [1.82, 2.24) is 20.0 Å². The summed E-state index contributed by atoms with van der Waals surface area (Å²) in [6, 6.07) is 8.04. The average molecular weight is 403 g/mol. The number of nitrogens with one attached hydrogen (secondary N) is 1. The fourth-order valence-electron chi connectivity index (χ4n) is 3.70. The molecule has 0 amide bonds. The second kappa shape index (κ2) is 10.7. The number of benzene rings is 1. The molecule has 2 heterocycles. The van der Waals surface area contributed by atoms with Gasteiger partial charge in [0.15, 0.2) is 0 Å². The van der Waals surface area contributed by atoms with Crippen molar-refractivity contribution in [3.8, 4) is 5.75 Å². The maximum Gasteiger partial charge on any atom is 0.119 e. The van der Waals surface area contributed by atoms with Crippen LogP contribution in [0.1, 0.15) is 29.4 Å². The molecule has 3 rings (SSSR count). The zero-order chi connectivity index (χ0) is 20.6. The Morgan fingerprint density at radius 1 is 1.24 bits per heavy atom. The Hall–Kier alpha value is -1.93. The SMILES string of the molecule is CCn1nc(C)c(CNCc2cccc(OCC(O)CN3CCOCC3)c2)c1C. The molecular weight excluding hydrogens is 368 g/mol. The Morgan fingerprint density at radius 3 is 2.76 bits per heavy atom. The summed E-state index contributed by atoms with van der Waals surface area (Å²) < 4.78 is 13.2. The van der Waals surface area contributed by atoms with E-state index >= 15 is 0 Å². The Balaban J connectivity index is 1.45. The molecule has 1 aliphatic rings. The highest BCUT2D eigenvalue weighted by molar-refractivity contribution is 5.29. The lowest BCUT2D eigenvalue weighted by molar-refractivity contribution is 0.00465. The first kappa shape index (κ1) is 21.8. The Kier molecular flexibility index (Phi) is 8.06. The standard InChI is InChI=1S/C22H34N4O3/c1-4-26-18(3)22(17(2)24-26)14-23-13-19-6-5-7-21(12-19)29-16-20(27)15-25-8-10-28-11-9-25/h5-7,12,20,23,27H,4,8-11,13-16H2,1-3H3. The van der Waals surface area contributed by atoms with Gasteiger partial charge >= 0.3 is 0 Å². The molecule has 1 fully saturated rings. The summed E-state index contributed by atoms with van der Waals surface area (Å²) in [5.74, 6) is 0.788. The highest BCUT2D eigenvalue weighted by atomic mass is 16.5. The zero-order valence-electron chi connectivity index (χ0n) is 17.9. The number of nitrogens with zero attached hydrogens (tertiary/aromatic N) is 3. The van der Waals surface area contributed by atoms with E-state index in [4.69, 9.17) is 9.47 Å². The molecule has 0 spiro atoms. The lowest BCUT2D eigenvalue weighted by Crippen LogP contribution is -2.42. The van der Waals surface area contributed by atoms with Crippen LogP contribution in [0, 0.1) is 13.8 Å². The van der Waals surface area contributed by atoms with Crippen molar-refractivity contribution in [2.24, 2.45) is 0 Å². The average Bonchev–Trinajstić information content (AvgIpc) is 3.01. The third kappa shape index (κ3) is 6.27. The Labute approximate surface area is 173 Å². The molecule has 1 aromatic carbocycles. The number of morpholine rings is 1. The number of aromatic nitrogens is 2. The molecule has 1 aliphatic heterocycles. The van der Waals surface area contributed by atoms with Crippen molar-refractivity contribution in [2.45, 2.75) is 46.5 Å². The molecule has 2 N–H and O–H groups in total. The number of β-amino-alcohol motifs (C(OH)–C–C–N with tert-alkyl or cyclic N) is 1. The number of aliphatic hydroxyl groups excluding tert-OH is 1. The van der Waals surface area contributed by atoms with Gasteiger partial charge in [0, 0.05) is 50.5 Å². The predicted molar refractivity (Wildman–Crippen MR) is 113 cm³/mol. The van der Waals surface area contributed by atoms with E-state index in [1.54, 1.807) is 0 Å². The molecule has 2 aromatic rings. The van der Waals surface area contributed by atoms with E-state index in [0.717, 1.165) is 62.9 Å². The van der Waals surface area contributed by atoms with Gasteiger partial charge in [-0.25, -0.2) is 0 Å². The third-order valence-electron chi connectivity index (χ3n) is 5.38. The van der Waals surface area contributed by atoms with Crippen molar-refractivity contribution in [2.75, 3.05) is 39.5 Å². The van der Waals surface area contributed by atoms with E-state index in [2.05, 4.69) is 42.2 Å². The molecule has 0 bridgehead atoms. The van der Waals surface area contributed by atoms with Crippen LogP contribution in [0.25, 0.3) is 0 Å². The van der Waals surface area contributed by atoms with Gasteiger partial charge in [-0.05, 0) is 38.5 Å². The maximum atomic E-state index is 10.2. The van der Waals surface area contributed by atoms with Crippen molar-refractivity contribution in [3.63, 3.8) is 0 Å². The topological polar surface area (TPSA) is 71.8 Å². The Bertz CT molecular complexity index is 771. The van der Waals surface area contributed by atoms with Crippen LogP contribution in [0.3, 0.4) is 0 Å². The highest BCUT2D eigenvalue weighted by Crippen LogP contribution is 2.16. The molecule has 160 valence electrons. The predicted octanol–water partition coefficient (Wildman–Crippen LogP) is 1.88. The fourth-order valence-corrected chi connectivity index (χ4v) is 3.70. The second-order valence-corrected chi connectivity index (χ2v) is 7.59. The number of aliphatic hydroxyl groups is 1. The molecule has 0 saturated carbocycles. The van der Waals surface area contributed by atoms with Crippen LogP contribution < -0.4 is 10.1 Å². The monoisotopic (exact) mass is 402 g/mol. The van der Waals surface area contributed by atoms with Crippen molar-refractivity contribution < 1.29 is 14.6 Å². The molecule has 7 heteroatoms. The summed E-state index contributed by atoms with van der Waals surface area (Å²) >= 11 is 0. The van der Waals surface area contributed by atoms with Crippen LogP contribution in [0.15, 0.2) is 24.3 Å². The summed E-state index contributed by atoms with van der Waals surface area (Å²) in [4.78, 5) is 2.21. The Morgan fingerprint density at radius 2 is 2.03 bits per heavy atom. The first-order valence-corrected chi connectivity index (χ1v) is 10.5. The van der Waals surface area contributed by atoms with E-state index in [9.17, 15) is 5.11 Å². The lowest BCUT2D eigenvalue weighted by atomic mass is 10.1. The summed E-state index contributed by atoms with van der Waals surface area (Å²) in [7, 11) is 0. The minimum absolute atomic E-state index is 0.294. The smallest absolute Gasteiger partial charge is 0.119 e. The zero-order valence-corrected chi connectivity index (χ0v) is 17.9. The quantitative estimate of drug-likeness (QED) is 0.632. The van der Waals surface area contributed by atoms with Crippen molar-refractivity contribution >= 4 is 0 Å². The first-order chi connectivity index (χ1) is 14.1. The van der Waals surface area contributed by atoms with Crippen molar-refractivity contribution in [3.05, 3.63) is 46.8 Å². The van der Waals surface area contributed by atoms with Gasteiger partial charge in [0.05, 0.1) is 18.9 Å². The highest BCUT2D eigenvalue weighted by Gasteiger charge is 2.15. The number of aryl methyl sites for hydroxylation is 2. The number of hydrogen-bond donors (Lipinski definition) is 2. The van der Waals surface area contributed by atoms with Crippen LogP contribution in [0.2, 0.25) is 0 Å². The normalized spacial score (nSPS) is 16.1. The molecule has 7 nitrogen and oxygen atoms in total. The summed E-state index contributed by atoms with van der Waals surface area (Å²) in [5.41, 5.74) is 4.74. The largest absolute Gasteiger partial charge is 0.491 e. The molecule has 1 aromatic heterocycles. The molecular formula is C22H34N4O3. The van der Waals surface area contributed by atoms with E-state index in [0.29, 0.717) is 13.2 Å². The van der Waals surface area contributed by atoms with Crippen LogP contribution >= 0.6 is 0 Å². The van der Waals surface area contributed by atoms with E-state index < -0.39 is 6.10 Å². The fraction of sp³-hybridized carbons (Fsp3) is 0.591.